The number of nitrogens with one attached hydrogen (secondary N) is 1. The van der Waals surface area contributed by atoms with E-state index in [1.165, 1.54) is 8.66 Å². The maximum absolute atomic E-state index is 5.50. The highest BCUT2D eigenvalue weighted by Gasteiger charge is 2.32. The molecule has 2 rings (SSSR count). The SMILES string of the molecule is CN=C(NCC1(SC)CCOCC1)N(C)Cc1ccc(Br)s1.I. The number of nitrogens with zero attached hydrogens (tertiary/aromatic N) is 2. The number of aliphatic imine (C=N–C) groups is 1. The Hall–Kier alpha value is 0.490. The van der Waals surface area contributed by atoms with Crippen LogP contribution in [0.1, 0.15) is 17.7 Å². The zero-order valence-electron chi connectivity index (χ0n) is 13.8. The molecule has 0 spiro atoms. The quantitative estimate of drug-likeness (QED) is 0.352. The van der Waals surface area contributed by atoms with Crippen LogP contribution in [0.25, 0.3) is 0 Å². The maximum atomic E-state index is 5.50. The van der Waals surface area contributed by atoms with Gasteiger partial charge in [-0.3, -0.25) is 4.99 Å². The third kappa shape index (κ3) is 6.37. The van der Waals surface area contributed by atoms with E-state index in [0.717, 1.165) is 45.1 Å². The second-order valence-electron chi connectivity index (χ2n) is 5.46. The van der Waals surface area contributed by atoms with E-state index in [1.807, 2.05) is 18.8 Å². The van der Waals surface area contributed by atoms with E-state index in [4.69, 9.17) is 4.74 Å². The molecule has 0 aromatic carbocycles. The molecule has 132 valence electrons. The van der Waals surface area contributed by atoms with E-state index in [-0.39, 0.29) is 28.7 Å². The number of rotatable bonds is 5. The van der Waals surface area contributed by atoms with E-state index in [0.29, 0.717) is 0 Å². The fourth-order valence-electron chi connectivity index (χ4n) is 2.57. The number of hydrogen-bond acceptors (Lipinski definition) is 4. The van der Waals surface area contributed by atoms with Gasteiger partial charge in [-0.2, -0.15) is 11.8 Å². The van der Waals surface area contributed by atoms with Gasteiger partial charge in [0.15, 0.2) is 5.96 Å². The number of hydrogen-bond donors (Lipinski definition) is 1. The average molecular weight is 534 g/mol. The minimum atomic E-state index is 0. The van der Waals surface area contributed by atoms with Crippen molar-refractivity contribution in [2.45, 2.75) is 24.1 Å². The molecule has 2 heterocycles. The van der Waals surface area contributed by atoms with Gasteiger partial charge in [0.2, 0.25) is 0 Å². The molecule has 8 heteroatoms. The molecule has 1 fully saturated rings. The van der Waals surface area contributed by atoms with E-state index in [2.05, 4.69) is 56.6 Å². The van der Waals surface area contributed by atoms with Crippen molar-refractivity contribution in [3.8, 4) is 0 Å². The molecule has 1 saturated heterocycles. The Labute approximate surface area is 173 Å². The molecule has 1 aliphatic rings. The van der Waals surface area contributed by atoms with Gasteiger partial charge in [0.05, 0.1) is 10.3 Å². The van der Waals surface area contributed by atoms with Crippen LogP contribution in [0, 0.1) is 0 Å². The van der Waals surface area contributed by atoms with Crippen molar-refractivity contribution >= 4 is 69.0 Å². The Bertz CT molecular complexity index is 507. The van der Waals surface area contributed by atoms with Crippen LogP contribution in [0.5, 0.6) is 0 Å². The molecule has 0 saturated carbocycles. The molecule has 0 amide bonds. The van der Waals surface area contributed by atoms with Gasteiger partial charge in [-0.15, -0.1) is 35.3 Å². The lowest BCUT2D eigenvalue weighted by Crippen LogP contribution is -2.48. The van der Waals surface area contributed by atoms with Crippen LogP contribution in [-0.4, -0.2) is 55.7 Å². The second-order valence-corrected chi connectivity index (χ2v) is 9.28. The predicted molar refractivity (Wildman–Crippen MR) is 117 cm³/mol. The van der Waals surface area contributed by atoms with Crippen molar-refractivity contribution in [1.82, 2.24) is 10.2 Å². The highest BCUT2D eigenvalue weighted by Crippen LogP contribution is 2.33. The zero-order chi connectivity index (χ0) is 16.0. The summed E-state index contributed by atoms with van der Waals surface area (Å²) in [6, 6.07) is 4.25. The summed E-state index contributed by atoms with van der Waals surface area (Å²) in [4.78, 5) is 7.92. The van der Waals surface area contributed by atoms with Crippen LogP contribution in [0.15, 0.2) is 20.9 Å². The summed E-state index contributed by atoms with van der Waals surface area (Å²) in [7, 11) is 3.93. The van der Waals surface area contributed by atoms with Crippen LogP contribution in [-0.2, 0) is 11.3 Å². The lowest BCUT2D eigenvalue weighted by molar-refractivity contribution is 0.0781. The van der Waals surface area contributed by atoms with Crippen LogP contribution in [0.2, 0.25) is 0 Å². The highest BCUT2D eigenvalue weighted by atomic mass is 127. The smallest absolute Gasteiger partial charge is 0.193 e. The fourth-order valence-corrected chi connectivity index (χ4v) is 4.89. The summed E-state index contributed by atoms with van der Waals surface area (Å²) in [6.45, 7) is 3.52. The van der Waals surface area contributed by atoms with Crippen LogP contribution in [0.4, 0.5) is 0 Å². The van der Waals surface area contributed by atoms with Crippen molar-refractivity contribution < 1.29 is 4.74 Å². The number of thioether (sulfide) groups is 1. The van der Waals surface area contributed by atoms with Gasteiger partial charge in [-0.1, -0.05) is 0 Å². The van der Waals surface area contributed by atoms with E-state index >= 15 is 0 Å². The van der Waals surface area contributed by atoms with Crippen LogP contribution in [0.3, 0.4) is 0 Å². The normalized spacial score (nSPS) is 17.5. The van der Waals surface area contributed by atoms with E-state index < -0.39 is 0 Å². The number of guanidine groups is 1. The summed E-state index contributed by atoms with van der Waals surface area (Å²) in [6.07, 6.45) is 4.39. The van der Waals surface area contributed by atoms with Crippen LogP contribution < -0.4 is 5.32 Å². The van der Waals surface area contributed by atoms with Crippen LogP contribution >= 0.6 is 63.0 Å². The first-order chi connectivity index (χ1) is 10.6. The van der Waals surface area contributed by atoms with Crippen molar-refractivity contribution in [3.05, 3.63) is 20.8 Å². The molecule has 1 aromatic heterocycles. The van der Waals surface area contributed by atoms with Crippen molar-refractivity contribution in [2.24, 2.45) is 4.99 Å². The second kappa shape index (κ2) is 10.5. The number of ether oxygens (including phenoxy) is 1. The summed E-state index contributed by atoms with van der Waals surface area (Å²) < 4.78 is 6.94. The lowest BCUT2D eigenvalue weighted by Gasteiger charge is -2.36. The molecule has 1 aliphatic heterocycles. The third-order valence-electron chi connectivity index (χ3n) is 4.00. The summed E-state index contributed by atoms with van der Waals surface area (Å²) in [5.74, 6) is 0.949. The van der Waals surface area contributed by atoms with Gasteiger partial charge in [-0.25, -0.2) is 0 Å². The standard InChI is InChI=1S/C15H24BrN3OS2.HI/c1-17-14(19(2)10-12-4-5-13(16)22-12)18-11-15(21-3)6-8-20-9-7-15;/h4-5H,6-11H2,1-3H3,(H,17,18);1H. The zero-order valence-corrected chi connectivity index (χ0v) is 19.4. The minimum Gasteiger partial charge on any atom is -0.381 e. The Morgan fingerprint density at radius 1 is 1.48 bits per heavy atom. The highest BCUT2D eigenvalue weighted by molar-refractivity contribution is 14.0. The molecule has 0 atom stereocenters. The lowest BCUT2D eigenvalue weighted by atomic mass is 9.99. The monoisotopic (exact) mass is 533 g/mol. The molecule has 4 nitrogen and oxygen atoms in total. The first kappa shape index (κ1) is 21.5. The van der Waals surface area contributed by atoms with Gasteiger partial charge < -0.3 is 15.0 Å². The minimum absolute atomic E-state index is 0. The number of thiophene rings is 1. The van der Waals surface area contributed by atoms with Gasteiger partial charge in [0.1, 0.15) is 0 Å². The predicted octanol–water partition coefficient (Wildman–Crippen LogP) is 4.05. The molecule has 0 aliphatic carbocycles. The van der Waals surface area contributed by atoms with Gasteiger partial charge in [0.25, 0.3) is 0 Å². The molecule has 1 aromatic rings. The van der Waals surface area contributed by atoms with Crippen molar-refractivity contribution in [3.63, 3.8) is 0 Å². The first-order valence-electron chi connectivity index (χ1n) is 7.37. The van der Waals surface area contributed by atoms with Gasteiger partial charge >= 0.3 is 0 Å². The molecular formula is C15H25BrIN3OS2. The third-order valence-corrected chi connectivity index (χ3v) is 7.03. The Kier molecular flexibility index (Phi) is 9.81. The van der Waals surface area contributed by atoms with Gasteiger partial charge in [-0.05, 0) is 47.2 Å². The largest absolute Gasteiger partial charge is 0.381 e. The van der Waals surface area contributed by atoms with Crippen molar-refractivity contribution in [2.75, 3.05) is 40.1 Å². The summed E-state index contributed by atoms with van der Waals surface area (Å²) in [5.41, 5.74) is 0. The fraction of sp³-hybridized carbons (Fsp3) is 0.667. The van der Waals surface area contributed by atoms with Crippen molar-refractivity contribution in [1.29, 1.82) is 0 Å². The van der Waals surface area contributed by atoms with Gasteiger partial charge in [0, 0.05) is 43.5 Å². The summed E-state index contributed by atoms with van der Waals surface area (Å²) in [5, 5.41) is 3.55. The Morgan fingerprint density at radius 2 is 2.17 bits per heavy atom. The summed E-state index contributed by atoms with van der Waals surface area (Å²) >= 11 is 7.22. The van der Waals surface area contributed by atoms with E-state index in [9.17, 15) is 0 Å². The Morgan fingerprint density at radius 3 is 2.70 bits per heavy atom. The van der Waals surface area contributed by atoms with E-state index in [1.54, 1.807) is 11.3 Å². The average Bonchev–Trinajstić information content (AvgIpc) is 2.94. The molecule has 0 radical (unpaired) electrons. The molecule has 1 N–H and O–H groups in total. The molecule has 23 heavy (non-hydrogen) atoms. The molecular weight excluding hydrogens is 509 g/mol. The first-order valence-corrected chi connectivity index (χ1v) is 10.2. The molecule has 0 bridgehead atoms. The topological polar surface area (TPSA) is 36.9 Å². The maximum Gasteiger partial charge on any atom is 0.193 e. The Balaban J connectivity index is 0.00000264. The number of halogens is 2. The molecule has 0 unspecified atom stereocenters.